The second-order valence-electron chi connectivity index (χ2n) is 3.34. The molecule has 1 aliphatic rings. The van der Waals surface area contributed by atoms with Gasteiger partial charge in [-0.1, -0.05) is 18.1 Å². The van der Waals surface area contributed by atoms with Crippen molar-refractivity contribution in [3.63, 3.8) is 0 Å². The Morgan fingerprint density at radius 2 is 1.09 bits per heavy atom. The Kier molecular flexibility index (Phi) is 4.75. The fraction of sp³-hybridized carbons (Fsp3) is 0.600. The molecule has 0 saturated heterocycles. The van der Waals surface area contributed by atoms with E-state index in [1.165, 1.54) is 11.1 Å². The number of hydrogen-bond acceptors (Lipinski definition) is 0. The fourth-order valence-electron chi connectivity index (χ4n) is 1.57. The SMILES string of the molecule is CC1=C(C)C(C)C(C)=C1C.[BaH2]. The normalized spacial score (nSPS) is 19.4. The van der Waals surface area contributed by atoms with Gasteiger partial charge in [0.05, 0.1) is 0 Å². The average molecular weight is 276 g/mol. The first-order valence-corrected chi connectivity index (χ1v) is 3.90. The standard InChI is InChI=1S/C10H16.Ba.2H/c1-6-7(2)9(4)10(5)8(6)3;;;/h6H,1-5H3;;;. The van der Waals surface area contributed by atoms with Crippen LogP contribution in [0.1, 0.15) is 34.6 Å². The van der Waals surface area contributed by atoms with E-state index in [0.29, 0.717) is 5.92 Å². The van der Waals surface area contributed by atoms with Crippen molar-refractivity contribution in [1.82, 2.24) is 0 Å². The van der Waals surface area contributed by atoms with Gasteiger partial charge in [0.15, 0.2) is 0 Å². The summed E-state index contributed by atoms with van der Waals surface area (Å²) in [6.07, 6.45) is 0. The molecule has 0 saturated carbocycles. The van der Waals surface area contributed by atoms with Gasteiger partial charge >= 0.3 is 48.9 Å². The maximum absolute atomic E-state index is 2.28. The average Bonchev–Trinajstić information content (AvgIpc) is 2.07. The van der Waals surface area contributed by atoms with Crippen LogP contribution in [0.2, 0.25) is 0 Å². The molecule has 0 nitrogen and oxygen atoms in total. The van der Waals surface area contributed by atoms with E-state index in [1.54, 1.807) is 11.1 Å². The summed E-state index contributed by atoms with van der Waals surface area (Å²) in [5.41, 5.74) is 6.11. The molecule has 0 N–H and O–H groups in total. The summed E-state index contributed by atoms with van der Waals surface area (Å²) in [5, 5.41) is 0. The van der Waals surface area contributed by atoms with Crippen molar-refractivity contribution in [2.24, 2.45) is 5.92 Å². The maximum atomic E-state index is 2.28. The molecule has 0 aromatic rings. The van der Waals surface area contributed by atoms with Crippen LogP contribution in [-0.2, 0) is 0 Å². The van der Waals surface area contributed by atoms with Crippen molar-refractivity contribution in [2.45, 2.75) is 34.6 Å². The van der Waals surface area contributed by atoms with Gasteiger partial charge in [-0.25, -0.2) is 0 Å². The van der Waals surface area contributed by atoms with Crippen molar-refractivity contribution >= 4 is 48.9 Å². The Morgan fingerprint density at radius 3 is 1.18 bits per heavy atom. The van der Waals surface area contributed by atoms with Gasteiger partial charge in [-0.2, -0.15) is 0 Å². The molecule has 0 amide bonds. The van der Waals surface area contributed by atoms with Gasteiger partial charge in [0.2, 0.25) is 0 Å². The molecular weight excluding hydrogens is 257 g/mol. The van der Waals surface area contributed by atoms with Crippen LogP contribution < -0.4 is 0 Å². The van der Waals surface area contributed by atoms with Crippen LogP contribution in [0.4, 0.5) is 0 Å². The summed E-state index contributed by atoms with van der Waals surface area (Å²) >= 11 is 0. The predicted octanol–water partition coefficient (Wildman–Crippen LogP) is 2.39. The summed E-state index contributed by atoms with van der Waals surface area (Å²) in [6.45, 7) is 11.2. The van der Waals surface area contributed by atoms with E-state index in [2.05, 4.69) is 34.6 Å². The van der Waals surface area contributed by atoms with E-state index in [0.717, 1.165) is 0 Å². The third-order valence-corrected chi connectivity index (χ3v) is 3.04. The van der Waals surface area contributed by atoms with Crippen molar-refractivity contribution in [3.8, 4) is 0 Å². The Bertz CT molecular complexity index is 197. The molecular formula is C10H18Ba. The molecule has 0 radical (unpaired) electrons. The van der Waals surface area contributed by atoms with Crippen LogP contribution in [0.25, 0.3) is 0 Å². The number of rotatable bonds is 0. The fourth-order valence-corrected chi connectivity index (χ4v) is 1.57. The molecule has 1 heteroatoms. The van der Waals surface area contributed by atoms with E-state index in [9.17, 15) is 0 Å². The molecule has 0 fully saturated rings. The molecule has 1 aliphatic carbocycles. The summed E-state index contributed by atoms with van der Waals surface area (Å²) in [5.74, 6) is 0.694. The second kappa shape index (κ2) is 4.33. The topological polar surface area (TPSA) is 0 Å². The van der Waals surface area contributed by atoms with E-state index in [-0.39, 0.29) is 48.9 Å². The van der Waals surface area contributed by atoms with Gasteiger partial charge in [-0.05, 0) is 44.8 Å². The third kappa shape index (κ3) is 2.04. The molecule has 11 heavy (non-hydrogen) atoms. The van der Waals surface area contributed by atoms with Gasteiger partial charge in [-0.3, -0.25) is 0 Å². The molecule has 0 unspecified atom stereocenters. The summed E-state index contributed by atoms with van der Waals surface area (Å²) < 4.78 is 0. The predicted molar refractivity (Wildman–Crippen MR) is 54.5 cm³/mol. The summed E-state index contributed by atoms with van der Waals surface area (Å²) in [7, 11) is 0. The van der Waals surface area contributed by atoms with Crippen molar-refractivity contribution in [1.29, 1.82) is 0 Å². The molecule has 0 bridgehead atoms. The van der Waals surface area contributed by atoms with Crippen LogP contribution in [-0.4, -0.2) is 48.9 Å². The summed E-state index contributed by atoms with van der Waals surface area (Å²) in [6, 6.07) is 0. The van der Waals surface area contributed by atoms with E-state index < -0.39 is 0 Å². The van der Waals surface area contributed by atoms with Gasteiger partial charge in [0.25, 0.3) is 0 Å². The Balaban J connectivity index is 0.000001000. The van der Waals surface area contributed by atoms with E-state index in [4.69, 9.17) is 0 Å². The van der Waals surface area contributed by atoms with Crippen LogP contribution in [0.5, 0.6) is 0 Å². The first kappa shape index (κ1) is 12.1. The molecule has 0 aromatic carbocycles. The van der Waals surface area contributed by atoms with Gasteiger partial charge in [-0.15, -0.1) is 0 Å². The first-order valence-electron chi connectivity index (χ1n) is 3.90. The zero-order valence-corrected chi connectivity index (χ0v) is 7.58. The van der Waals surface area contributed by atoms with Gasteiger partial charge in [0.1, 0.15) is 0 Å². The zero-order valence-electron chi connectivity index (χ0n) is 7.58. The second-order valence-corrected chi connectivity index (χ2v) is 3.34. The quantitative estimate of drug-likeness (QED) is 0.596. The first-order chi connectivity index (χ1) is 4.55. The van der Waals surface area contributed by atoms with Crippen LogP contribution >= 0.6 is 0 Å². The number of hydrogen-bond donors (Lipinski definition) is 0. The van der Waals surface area contributed by atoms with Crippen LogP contribution in [0.3, 0.4) is 0 Å². The Hall–Kier alpha value is 1.05. The van der Waals surface area contributed by atoms with Gasteiger partial charge < -0.3 is 0 Å². The van der Waals surface area contributed by atoms with E-state index >= 15 is 0 Å². The molecule has 0 spiro atoms. The zero-order chi connectivity index (χ0) is 7.89. The van der Waals surface area contributed by atoms with E-state index in [1.807, 2.05) is 0 Å². The number of allylic oxidation sites excluding steroid dienone is 4. The molecule has 1 rings (SSSR count). The van der Waals surface area contributed by atoms with Crippen molar-refractivity contribution in [3.05, 3.63) is 22.3 Å². The molecule has 60 valence electrons. The minimum absolute atomic E-state index is 0. The summed E-state index contributed by atoms with van der Waals surface area (Å²) in [4.78, 5) is 0. The monoisotopic (exact) mass is 276 g/mol. The molecule has 0 atom stereocenters. The van der Waals surface area contributed by atoms with Crippen LogP contribution in [0.15, 0.2) is 22.3 Å². The molecule has 0 aromatic heterocycles. The molecule has 0 heterocycles. The Labute approximate surface area is 110 Å². The van der Waals surface area contributed by atoms with Crippen molar-refractivity contribution in [2.75, 3.05) is 0 Å². The minimum atomic E-state index is 0. The van der Waals surface area contributed by atoms with Crippen molar-refractivity contribution < 1.29 is 0 Å². The Morgan fingerprint density at radius 1 is 0.818 bits per heavy atom. The van der Waals surface area contributed by atoms with Gasteiger partial charge in [0, 0.05) is 0 Å². The van der Waals surface area contributed by atoms with Crippen LogP contribution in [0, 0.1) is 5.92 Å². The third-order valence-electron chi connectivity index (χ3n) is 3.04. The molecule has 0 aliphatic heterocycles.